The minimum absolute atomic E-state index is 0.0926. The van der Waals surface area contributed by atoms with Crippen LogP contribution in [-0.4, -0.2) is 66.4 Å². The third-order valence-corrected chi connectivity index (χ3v) is 8.60. The molecule has 0 aliphatic carbocycles. The number of amides is 2. The summed E-state index contributed by atoms with van der Waals surface area (Å²) in [4.78, 5) is 28.6. The number of rotatable bonds is 10. The largest absolute Gasteiger partial charge is 0.491 e. The second-order valence-corrected chi connectivity index (χ2v) is 11.5. The monoisotopic (exact) mass is 629 g/mol. The van der Waals surface area contributed by atoms with E-state index >= 15 is 0 Å². The van der Waals surface area contributed by atoms with Crippen LogP contribution in [0.4, 0.5) is 13.2 Å². The fourth-order valence-corrected chi connectivity index (χ4v) is 6.43. The van der Waals surface area contributed by atoms with Crippen molar-refractivity contribution in [2.45, 2.75) is 31.0 Å². The first-order chi connectivity index (χ1) is 19.4. The van der Waals surface area contributed by atoms with Gasteiger partial charge in [-0.15, -0.1) is 11.3 Å². The van der Waals surface area contributed by atoms with Gasteiger partial charge >= 0.3 is 6.18 Å². The number of carbonyl (C=O) groups excluding carboxylic acids is 2. The summed E-state index contributed by atoms with van der Waals surface area (Å²) in [7, 11) is 0. The number of hydrogen-bond acceptors (Lipinski definition) is 6. The Kier molecular flexibility index (Phi) is 9.86. The quantitative estimate of drug-likeness (QED) is 0.264. The summed E-state index contributed by atoms with van der Waals surface area (Å²) < 4.78 is 43.4. The molecule has 1 aliphatic heterocycles. The van der Waals surface area contributed by atoms with Crippen LogP contribution in [0.1, 0.15) is 28.9 Å². The van der Waals surface area contributed by atoms with E-state index in [1.165, 1.54) is 11.3 Å². The van der Waals surface area contributed by atoms with E-state index in [1.54, 1.807) is 41.3 Å². The van der Waals surface area contributed by atoms with Crippen molar-refractivity contribution < 1.29 is 32.6 Å². The van der Waals surface area contributed by atoms with Crippen molar-refractivity contribution in [2.75, 3.05) is 32.8 Å². The Morgan fingerprint density at radius 1 is 1.07 bits per heavy atom. The molecule has 0 radical (unpaired) electrons. The molecule has 1 fully saturated rings. The number of hydrogen-bond donors (Lipinski definition) is 3. The minimum Gasteiger partial charge on any atom is -0.491 e. The van der Waals surface area contributed by atoms with Gasteiger partial charge in [-0.1, -0.05) is 41.4 Å². The highest BCUT2D eigenvalue weighted by Crippen LogP contribution is 2.43. The van der Waals surface area contributed by atoms with Crippen LogP contribution in [0.2, 0.25) is 10.0 Å². The molecule has 4 rings (SSSR count). The zero-order valence-electron chi connectivity index (χ0n) is 21.8. The molecule has 7 nitrogen and oxygen atoms in total. The van der Waals surface area contributed by atoms with Gasteiger partial charge in [0.25, 0.3) is 5.91 Å². The molecule has 1 aliphatic rings. The van der Waals surface area contributed by atoms with Crippen LogP contribution >= 0.6 is 34.5 Å². The lowest BCUT2D eigenvalue weighted by Gasteiger charge is -2.40. The van der Waals surface area contributed by atoms with Gasteiger partial charge in [-0.3, -0.25) is 9.59 Å². The highest BCUT2D eigenvalue weighted by molar-refractivity contribution is 7.18. The van der Waals surface area contributed by atoms with Crippen LogP contribution in [0.25, 0.3) is 21.6 Å². The smallest absolute Gasteiger partial charge is 0.390 e. The van der Waals surface area contributed by atoms with Gasteiger partial charge in [-0.25, -0.2) is 0 Å². The molecule has 2 amide bonds. The van der Waals surface area contributed by atoms with E-state index in [4.69, 9.17) is 38.8 Å². The summed E-state index contributed by atoms with van der Waals surface area (Å²) >= 11 is 13.9. The van der Waals surface area contributed by atoms with Crippen LogP contribution in [0.15, 0.2) is 48.5 Å². The lowest BCUT2D eigenvalue weighted by molar-refractivity contribution is -0.137. The Bertz CT molecular complexity index is 1390. The molecule has 0 saturated carbocycles. The molecule has 4 N–H and O–H groups in total. The minimum atomic E-state index is -4.36. The lowest BCUT2D eigenvalue weighted by atomic mass is 9.86. The summed E-state index contributed by atoms with van der Waals surface area (Å²) in [6, 6.07) is 14.1. The molecule has 2 aromatic carbocycles. The van der Waals surface area contributed by atoms with Crippen LogP contribution in [0, 0.1) is 0 Å². The summed E-state index contributed by atoms with van der Waals surface area (Å²) in [6.07, 6.45) is -5.27. The van der Waals surface area contributed by atoms with Crippen molar-refractivity contribution in [3.05, 3.63) is 63.5 Å². The summed E-state index contributed by atoms with van der Waals surface area (Å²) in [5.41, 5.74) is 6.51. The number of carbonyl (C=O) groups is 2. The predicted molar refractivity (Wildman–Crippen MR) is 154 cm³/mol. The van der Waals surface area contributed by atoms with Gasteiger partial charge in [0.15, 0.2) is 0 Å². The molecular weight excluding hydrogens is 602 g/mol. The molecule has 41 heavy (non-hydrogen) atoms. The van der Waals surface area contributed by atoms with E-state index in [0.29, 0.717) is 26.2 Å². The van der Waals surface area contributed by atoms with Gasteiger partial charge in [-0.05, 0) is 48.7 Å². The number of aliphatic hydroxyl groups is 1. The SMILES string of the molecule is NC(=O)C1(NCCC(F)(F)F)CCN(C(=O)c2cc(-c3ccc(OCCO)cc3)c(-c3ccc(Cl)cc3Cl)s2)CC1. The first-order valence-electron chi connectivity index (χ1n) is 12.8. The third-order valence-electron chi connectivity index (χ3n) is 6.89. The highest BCUT2D eigenvalue weighted by atomic mass is 35.5. The number of halogens is 5. The molecule has 3 aromatic rings. The maximum absolute atomic E-state index is 13.6. The number of alkyl halides is 3. The van der Waals surface area contributed by atoms with Crippen molar-refractivity contribution in [1.82, 2.24) is 10.2 Å². The number of thiophene rings is 1. The van der Waals surface area contributed by atoms with E-state index < -0.39 is 30.6 Å². The molecule has 13 heteroatoms. The van der Waals surface area contributed by atoms with Crippen LogP contribution < -0.4 is 15.8 Å². The molecule has 0 unspecified atom stereocenters. The fraction of sp³-hybridized carbons (Fsp3) is 0.357. The number of nitrogens with two attached hydrogens (primary N) is 1. The molecular formula is C28H28Cl2F3N3O4S. The Morgan fingerprint density at radius 2 is 1.76 bits per heavy atom. The van der Waals surface area contributed by atoms with Crippen molar-refractivity contribution in [3.8, 4) is 27.3 Å². The van der Waals surface area contributed by atoms with Gasteiger partial charge < -0.3 is 25.8 Å². The second kappa shape index (κ2) is 13.0. The molecule has 2 heterocycles. The summed E-state index contributed by atoms with van der Waals surface area (Å²) in [5, 5.41) is 12.6. The van der Waals surface area contributed by atoms with Gasteiger partial charge in [0.1, 0.15) is 17.9 Å². The van der Waals surface area contributed by atoms with Crippen molar-refractivity contribution in [1.29, 1.82) is 0 Å². The number of aliphatic hydroxyl groups excluding tert-OH is 1. The maximum Gasteiger partial charge on any atom is 0.390 e. The number of benzene rings is 2. The Balaban J connectivity index is 1.59. The van der Waals surface area contributed by atoms with Crippen LogP contribution in [-0.2, 0) is 4.79 Å². The number of nitrogens with one attached hydrogen (secondary N) is 1. The predicted octanol–water partition coefficient (Wildman–Crippen LogP) is 5.76. The van der Waals surface area contributed by atoms with Gasteiger partial charge in [-0.2, -0.15) is 13.2 Å². The summed E-state index contributed by atoms with van der Waals surface area (Å²) in [6.45, 7) is -0.113. The average molecular weight is 631 g/mol. The van der Waals surface area contributed by atoms with Gasteiger partial charge in [0, 0.05) is 40.7 Å². The molecule has 0 bridgehead atoms. The lowest BCUT2D eigenvalue weighted by Crippen LogP contribution is -2.61. The van der Waals surface area contributed by atoms with Gasteiger partial charge in [0.2, 0.25) is 5.91 Å². The number of primary amides is 1. The topological polar surface area (TPSA) is 105 Å². The second-order valence-electron chi connectivity index (χ2n) is 9.60. The van der Waals surface area contributed by atoms with Crippen molar-refractivity contribution >= 4 is 46.4 Å². The molecule has 0 spiro atoms. The standard InChI is InChI=1S/C28H28Cl2F3N3O4S/c29-18-3-6-20(22(30)15-18)24-21(17-1-4-19(5-2-17)40-14-13-37)16-23(41-24)25(38)36-11-8-27(9-12-36,26(34)39)35-10-7-28(31,32)33/h1-6,15-16,35,37H,7-14H2,(H2,34,39). The maximum atomic E-state index is 13.6. The van der Waals surface area contributed by atoms with Gasteiger partial charge in [0.05, 0.1) is 22.9 Å². The van der Waals surface area contributed by atoms with Crippen molar-refractivity contribution in [3.63, 3.8) is 0 Å². The molecule has 1 saturated heterocycles. The normalized spacial score (nSPS) is 15.1. The molecule has 220 valence electrons. The van der Waals surface area contributed by atoms with E-state index in [0.717, 1.165) is 16.0 Å². The number of nitrogens with zero attached hydrogens (tertiary/aromatic N) is 1. The number of likely N-dealkylation sites (tertiary alicyclic amines) is 1. The number of piperidine rings is 1. The average Bonchev–Trinajstić information content (AvgIpc) is 3.36. The number of ether oxygens (including phenoxy) is 1. The highest BCUT2D eigenvalue weighted by Gasteiger charge is 2.41. The Labute approximate surface area is 249 Å². The third kappa shape index (κ3) is 7.52. The van der Waals surface area contributed by atoms with E-state index in [2.05, 4.69) is 5.32 Å². The zero-order valence-corrected chi connectivity index (χ0v) is 24.1. The van der Waals surface area contributed by atoms with E-state index in [9.17, 15) is 22.8 Å². The van der Waals surface area contributed by atoms with E-state index in [-0.39, 0.29) is 45.1 Å². The first-order valence-corrected chi connectivity index (χ1v) is 14.3. The Morgan fingerprint density at radius 3 is 2.34 bits per heavy atom. The molecule has 0 atom stereocenters. The first kappa shape index (κ1) is 31.1. The van der Waals surface area contributed by atoms with Crippen molar-refractivity contribution in [2.24, 2.45) is 5.73 Å². The summed E-state index contributed by atoms with van der Waals surface area (Å²) in [5.74, 6) is -0.435. The van der Waals surface area contributed by atoms with Crippen LogP contribution in [0.3, 0.4) is 0 Å². The molecule has 1 aromatic heterocycles. The van der Waals surface area contributed by atoms with E-state index in [1.807, 2.05) is 12.1 Å². The Hall–Kier alpha value is -2.83. The van der Waals surface area contributed by atoms with Crippen LogP contribution in [0.5, 0.6) is 5.75 Å². The zero-order chi connectivity index (χ0) is 29.8. The fourth-order valence-electron chi connectivity index (χ4n) is 4.68.